The lowest BCUT2D eigenvalue weighted by atomic mass is 9.92. The highest BCUT2D eigenvalue weighted by molar-refractivity contribution is 5.91. The fourth-order valence-corrected chi connectivity index (χ4v) is 1.92. The quantitative estimate of drug-likeness (QED) is 0.470. The minimum Gasteiger partial charge on any atom is -0.366 e. The van der Waals surface area contributed by atoms with Gasteiger partial charge in [0, 0.05) is 5.57 Å². The van der Waals surface area contributed by atoms with Crippen LogP contribution >= 0.6 is 0 Å². The Morgan fingerprint density at radius 2 is 1.88 bits per heavy atom. The first-order valence-corrected chi connectivity index (χ1v) is 6.58. The molecule has 16 heavy (non-hydrogen) atoms. The molecule has 1 atom stereocenters. The normalized spacial score (nSPS) is 13.8. The van der Waals surface area contributed by atoms with Gasteiger partial charge in [0.15, 0.2) is 0 Å². The van der Waals surface area contributed by atoms with Crippen LogP contribution in [0, 0.1) is 5.92 Å². The maximum absolute atomic E-state index is 10.9. The summed E-state index contributed by atoms with van der Waals surface area (Å²) >= 11 is 0. The van der Waals surface area contributed by atoms with Gasteiger partial charge in [0.05, 0.1) is 0 Å². The zero-order valence-corrected chi connectivity index (χ0v) is 11.1. The van der Waals surface area contributed by atoms with E-state index in [0.717, 1.165) is 12.3 Å². The number of rotatable bonds is 9. The largest absolute Gasteiger partial charge is 0.366 e. The summed E-state index contributed by atoms with van der Waals surface area (Å²) in [5.74, 6) is 0.439. The number of carbonyl (C=O) groups excluding carboxylic acids is 1. The maximum Gasteiger partial charge on any atom is 0.244 e. The predicted molar refractivity (Wildman–Crippen MR) is 70.1 cm³/mol. The first-order valence-electron chi connectivity index (χ1n) is 6.58. The highest BCUT2D eigenvalue weighted by atomic mass is 16.1. The Morgan fingerprint density at radius 3 is 2.38 bits per heavy atom. The van der Waals surface area contributed by atoms with Crippen molar-refractivity contribution in [1.29, 1.82) is 0 Å². The number of unbranched alkanes of at least 4 members (excludes halogenated alkanes) is 2. The molecule has 0 saturated carbocycles. The average molecular weight is 225 g/mol. The molecule has 94 valence electrons. The average Bonchev–Trinajstić information content (AvgIpc) is 2.25. The van der Waals surface area contributed by atoms with Gasteiger partial charge in [-0.05, 0) is 19.3 Å². The lowest BCUT2D eigenvalue weighted by Crippen LogP contribution is -2.12. The van der Waals surface area contributed by atoms with Crippen molar-refractivity contribution < 1.29 is 4.79 Å². The number of allylic oxidation sites excluding steroid dienone is 1. The number of nitrogens with two attached hydrogens (primary N) is 1. The molecule has 0 aliphatic heterocycles. The first kappa shape index (κ1) is 15.2. The van der Waals surface area contributed by atoms with Crippen LogP contribution in [0.15, 0.2) is 11.6 Å². The molecule has 0 radical (unpaired) electrons. The van der Waals surface area contributed by atoms with Gasteiger partial charge < -0.3 is 5.73 Å². The van der Waals surface area contributed by atoms with Crippen molar-refractivity contribution in [3.05, 3.63) is 11.6 Å². The van der Waals surface area contributed by atoms with E-state index in [-0.39, 0.29) is 5.91 Å². The molecule has 0 aliphatic rings. The van der Waals surface area contributed by atoms with Crippen molar-refractivity contribution in [2.45, 2.75) is 65.7 Å². The van der Waals surface area contributed by atoms with Gasteiger partial charge in [0.25, 0.3) is 0 Å². The molecule has 1 amide bonds. The van der Waals surface area contributed by atoms with Crippen LogP contribution in [0.5, 0.6) is 0 Å². The van der Waals surface area contributed by atoms with Crippen molar-refractivity contribution in [2.75, 3.05) is 0 Å². The Balaban J connectivity index is 4.01. The lowest BCUT2D eigenvalue weighted by Gasteiger charge is -2.13. The Hall–Kier alpha value is -0.790. The minimum atomic E-state index is -0.288. The van der Waals surface area contributed by atoms with Gasteiger partial charge in [-0.2, -0.15) is 0 Å². The van der Waals surface area contributed by atoms with E-state index in [4.69, 9.17) is 5.73 Å². The van der Waals surface area contributed by atoms with Crippen LogP contribution in [0.4, 0.5) is 0 Å². The molecule has 0 fully saturated rings. The summed E-state index contributed by atoms with van der Waals surface area (Å²) in [6, 6.07) is 0. The second kappa shape index (κ2) is 9.44. The molecule has 0 bridgehead atoms. The molecule has 0 spiro atoms. The molecule has 0 saturated heterocycles. The van der Waals surface area contributed by atoms with Crippen molar-refractivity contribution in [3.8, 4) is 0 Å². The van der Waals surface area contributed by atoms with Crippen molar-refractivity contribution in [3.63, 3.8) is 0 Å². The van der Waals surface area contributed by atoms with Crippen molar-refractivity contribution in [1.82, 2.24) is 0 Å². The molecule has 0 heterocycles. The van der Waals surface area contributed by atoms with E-state index >= 15 is 0 Å². The van der Waals surface area contributed by atoms with Gasteiger partial charge in [-0.15, -0.1) is 0 Å². The third-order valence-corrected chi connectivity index (χ3v) is 3.06. The van der Waals surface area contributed by atoms with Crippen LogP contribution in [0.3, 0.4) is 0 Å². The number of hydrogen-bond donors (Lipinski definition) is 1. The Kier molecular flexibility index (Phi) is 8.97. The van der Waals surface area contributed by atoms with Gasteiger partial charge in [0.2, 0.25) is 5.91 Å². The molecule has 0 aromatic carbocycles. The maximum atomic E-state index is 10.9. The van der Waals surface area contributed by atoms with Gasteiger partial charge in [-0.1, -0.05) is 58.4 Å². The number of hydrogen-bond acceptors (Lipinski definition) is 1. The molecule has 0 aromatic rings. The molecule has 0 rings (SSSR count). The Morgan fingerprint density at radius 1 is 1.19 bits per heavy atom. The van der Waals surface area contributed by atoms with Crippen LogP contribution in [0.2, 0.25) is 0 Å². The smallest absolute Gasteiger partial charge is 0.244 e. The van der Waals surface area contributed by atoms with Crippen molar-refractivity contribution >= 4 is 5.91 Å². The van der Waals surface area contributed by atoms with Gasteiger partial charge >= 0.3 is 0 Å². The zero-order chi connectivity index (χ0) is 12.4. The molecular formula is C14H27NO. The fourth-order valence-electron chi connectivity index (χ4n) is 1.92. The zero-order valence-electron chi connectivity index (χ0n) is 11.1. The molecule has 2 N–H and O–H groups in total. The summed E-state index contributed by atoms with van der Waals surface area (Å²) in [4.78, 5) is 10.9. The summed E-state index contributed by atoms with van der Waals surface area (Å²) in [5, 5.41) is 0. The second-order valence-corrected chi connectivity index (χ2v) is 4.64. The number of carbonyl (C=O) groups is 1. The molecular weight excluding hydrogens is 198 g/mol. The van der Waals surface area contributed by atoms with Gasteiger partial charge in [-0.25, -0.2) is 0 Å². The van der Waals surface area contributed by atoms with Crippen LogP contribution < -0.4 is 5.73 Å². The third-order valence-electron chi connectivity index (χ3n) is 3.06. The van der Waals surface area contributed by atoms with Crippen molar-refractivity contribution in [2.24, 2.45) is 11.7 Å². The number of amides is 1. The van der Waals surface area contributed by atoms with Crippen LogP contribution in [0.25, 0.3) is 0 Å². The van der Waals surface area contributed by atoms with E-state index in [0.29, 0.717) is 5.57 Å². The van der Waals surface area contributed by atoms with Gasteiger partial charge in [-0.3, -0.25) is 4.79 Å². The fraction of sp³-hybridized carbons (Fsp3) is 0.786. The molecule has 0 aliphatic carbocycles. The summed E-state index contributed by atoms with van der Waals surface area (Å²) < 4.78 is 0. The van der Waals surface area contributed by atoms with E-state index in [1.54, 1.807) is 6.92 Å². The van der Waals surface area contributed by atoms with Crippen LogP contribution in [-0.4, -0.2) is 5.91 Å². The SMILES string of the molecule is CCCCCC(CC=C(C)C(N)=O)CCC. The lowest BCUT2D eigenvalue weighted by molar-refractivity contribution is -0.114. The monoisotopic (exact) mass is 225 g/mol. The highest BCUT2D eigenvalue weighted by Crippen LogP contribution is 2.20. The Labute approximate surface area is 100 Å². The molecule has 2 heteroatoms. The molecule has 0 aromatic heterocycles. The minimum absolute atomic E-state index is 0.288. The van der Waals surface area contributed by atoms with Crippen LogP contribution in [0.1, 0.15) is 65.7 Å². The van der Waals surface area contributed by atoms with E-state index in [2.05, 4.69) is 13.8 Å². The predicted octanol–water partition coefficient (Wildman–Crippen LogP) is 3.80. The molecule has 1 unspecified atom stereocenters. The summed E-state index contributed by atoms with van der Waals surface area (Å²) in [5.41, 5.74) is 5.92. The second-order valence-electron chi connectivity index (χ2n) is 4.64. The third kappa shape index (κ3) is 7.49. The highest BCUT2D eigenvalue weighted by Gasteiger charge is 2.06. The van der Waals surface area contributed by atoms with E-state index in [9.17, 15) is 4.79 Å². The summed E-state index contributed by atoms with van der Waals surface area (Å²) in [6.07, 6.45) is 10.7. The van der Waals surface area contributed by atoms with E-state index in [1.165, 1.54) is 38.5 Å². The summed E-state index contributed by atoms with van der Waals surface area (Å²) in [7, 11) is 0. The van der Waals surface area contributed by atoms with E-state index < -0.39 is 0 Å². The standard InChI is InChI=1S/C14H27NO/c1-4-6-7-9-13(8-5-2)11-10-12(3)14(15)16/h10,13H,4-9,11H2,1-3H3,(H2,15,16). The Bertz CT molecular complexity index is 221. The molecule has 2 nitrogen and oxygen atoms in total. The topological polar surface area (TPSA) is 43.1 Å². The van der Waals surface area contributed by atoms with Gasteiger partial charge in [0.1, 0.15) is 0 Å². The number of primary amides is 1. The first-order chi connectivity index (χ1) is 7.61. The summed E-state index contributed by atoms with van der Waals surface area (Å²) in [6.45, 7) is 6.25. The van der Waals surface area contributed by atoms with E-state index in [1.807, 2.05) is 6.08 Å². The van der Waals surface area contributed by atoms with Crippen LogP contribution in [-0.2, 0) is 4.79 Å².